The minimum absolute atomic E-state index is 0.0579. The fourth-order valence-corrected chi connectivity index (χ4v) is 3.13. The molecule has 3 heterocycles. The van der Waals surface area contributed by atoms with Crippen LogP contribution >= 0.6 is 0 Å². The van der Waals surface area contributed by atoms with Crippen molar-refractivity contribution in [1.82, 2.24) is 14.9 Å². The van der Waals surface area contributed by atoms with Gasteiger partial charge in [0, 0.05) is 32.2 Å². The molecule has 2 aliphatic heterocycles. The second kappa shape index (κ2) is 6.41. The van der Waals surface area contributed by atoms with Crippen molar-refractivity contribution >= 4 is 11.7 Å². The van der Waals surface area contributed by atoms with Crippen LogP contribution in [0.2, 0.25) is 0 Å². The molecule has 1 aromatic heterocycles. The number of anilines is 1. The number of hydrogen-bond acceptors (Lipinski definition) is 4. The van der Waals surface area contributed by atoms with Gasteiger partial charge in [0.05, 0.1) is 0 Å². The van der Waals surface area contributed by atoms with Gasteiger partial charge in [-0.3, -0.25) is 4.79 Å². The lowest BCUT2D eigenvalue weighted by Gasteiger charge is -2.30. The molecule has 1 aromatic rings. The fourth-order valence-electron chi connectivity index (χ4n) is 3.13. The topological polar surface area (TPSA) is 49.3 Å². The third-order valence-corrected chi connectivity index (χ3v) is 4.62. The zero-order valence-corrected chi connectivity index (χ0v) is 12.8. The predicted molar refractivity (Wildman–Crippen MR) is 82.4 cm³/mol. The van der Waals surface area contributed by atoms with Crippen molar-refractivity contribution in [2.24, 2.45) is 5.92 Å². The van der Waals surface area contributed by atoms with Crippen LogP contribution in [0.15, 0.2) is 12.4 Å². The van der Waals surface area contributed by atoms with Crippen LogP contribution in [0.1, 0.15) is 49.5 Å². The number of carbonyl (C=O) groups is 1. The number of aromatic nitrogens is 2. The van der Waals surface area contributed by atoms with Gasteiger partial charge in [-0.05, 0) is 38.0 Å². The van der Waals surface area contributed by atoms with Crippen LogP contribution in [-0.4, -0.2) is 47.0 Å². The van der Waals surface area contributed by atoms with Gasteiger partial charge in [-0.1, -0.05) is 6.92 Å². The minimum Gasteiger partial charge on any atom is -0.357 e. The van der Waals surface area contributed by atoms with Crippen molar-refractivity contribution in [1.29, 1.82) is 0 Å². The average Bonchev–Trinajstić information content (AvgIpc) is 2.56. The Balaban J connectivity index is 1.71. The number of carbonyl (C=O) groups excluding carboxylic acids is 1. The van der Waals surface area contributed by atoms with Gasteiger partial charge < -0.3 is 9.80 Å². The highest BCUT2D eigenvalue weighted by Crippen LogP contribution is 2.20. The Bertz CT molecular complexity index is 491. The van der Waals surface area contributed by atoms with E-state index in [0.29, 0.717) is 5.69 Å². The Morgan fingerprint density at radius 2 is 1.81 bits per heavy atom. The smallest absolute Gasteiger partial charge is 0.272 e. The second-order valence-electron chi connectivity index (χ2n) is 6.28. The van der Waals surface area contributed by atoms with Crippen LogP contribution in [0.3, 0.4) is 0 Å². The van der Waals surface area contributed by atoms with Gasteiger partial charge in [0.25, 0.3) is 5.91 Å². The van der Waals surface area contributed by atoms with E-state index in [1.807, 2.05) is 11.0 Å². The normalized spacial score (nSPS) is 20.6. The molecule has 1 amide bonds. The quantitative estimate of drug-likeness (QED) is 0.838. The van der Waals surface area contributed by atoms with E-state index in [0.717, 1.165) is 50.8 Å². The SMILES string of the molecule is CC1CCN(C(=O)c2cc(N3CCCCC3)ncn2)CC1. The Labute approximate surface area is 126 Å². The summed E-state index contributed by atoms with van der Waals surface area (Å²) in [5.41, 5.74) is 0.542. The van der Waals surface area contributed by atoms with Gasteiger partial charge in [0.2, 0.25) is 0 Å². The summed E-state index contributed by atoms with van der Waals surface area (Å²) in [6, 6.07) is 1.87. The lowest BCUT2D eigenvalue weighted by Crippen LogP contribution is -2.38. The van der Waals surface area contributed by atoms with Crippen LogP contribution < -0.4 is 4.90 Å². The van der Waals surface area contributed by atoms with Crippen molar-refractivity contribution in [3.63, 3.8) is 0 Å². The lowest BCUT2D eigenvalue weighted by atomic mass is 9.99. The van der Waals surface area contributed by atoms with Crippen LogP contribution in [-0.2, 0) is 0 Å². The molecule has 0 aromatic carbocycles. The van der Waals surface area contributed by atoms with E-state index < -0.39 is 0 Å². The first-order valence-electron chi connectivity index (χ1n) is 8.10. The van der Waals surface area contributed by atoms with Gasteiger partial charge in [0.1, 0.15) is 17.8 Å². The first kappa shape index (κ1) is 14.3. The fraction of sp³-hybridized carbons (Fsp3) is 0.688. The number of rotatable bonds is 2. The molecule has 114 valence electrons. The molecule has 5 nitrogen and oxygen atoms in total. The summed E-state index contributed by atoms with van der Waals surface area (Å²) >= 11 is 0. The maximum atomic E-state index is 12.6. The Kier molecular flexibility index (Phi) is 4.36. The van der Waals surface area contributed by atoms with Gasteiger partial charge in [-0.2, -0.15) is 0 Å². The maximum absolute atomic E-state index is 12.6. The molecule has 3 rings (SSSR count). The van der Waals surface area contributed by atoms with E-state index in [-0.39, 0.29) is 5.91 Å². The van der Waals surface area contributed by atoms with Crippen molar-refractivity contribution < 1.29 is 4.79 Å². The van der Waals surface area contributed by atoms with E-state index in [1.54, 1.807) is 0 Å². The van der Waals surface area contributed by atoms with Gasteiger partial charge >= 0.3 is 0 Å². The monoisotopic (exact) mass is 288 g/mol. The van der Waals surface area contributed by atoms with E-state index >= 15 is 0 Å². The Hall–Kier alpha value is -1.65. The molecule has 2 fully saturated rings. The van der Waals surface area contributed by atoms with Crippen molar-refractivity contribution in [2.75, 3.05) is 31.1 Å². The number of nitrogens with zero attached hydrogens (tertiary/aromatic N) is 4. The van der Waals surface area contributed by atoms with Crippen molar-refractivity contribution in [3.8, 4) is 0 Å². The number of hydrogen-bond donors (Lipinski definition) is 0. The van der Waals surface area contributed by atoms with Gasteiger partial charge in [0.15, 0.2) is 0 Å². The first-order valence-corrected chi connectivity index (χ1v) is 8.10. The Morgan fingerprint density at radius 1 is 1.10 bits per heavy atom. The highest BCUT2D eigenvalue weighted by atomic mass is 16.2. The highest BCUT2D eigenvalue weighted by Gasteiger charge is 2.23. The summed E-state index contributed by atoms with van der Waals surface area (Å²) in [5.74, 6) is 1.68. The molecule has 5 heteroatoms. The van der Waals surface area contributed by atoms with Crippen LogP contribution in [0, 0.1) is 5.92 Å². The minimum atomic E-state index is 0.0579. The van der Waals surface area contributed by atoms with E-state index in [9.17, 15) is 4.79 Å². The van der Waals surface area contributed by atoms with E-state index in [1.165, 1.54) is 25.6 Å². The molecule has 0 aliphatic carbocycles. The highest BCUT2D eigenvalue weighted by molar-refractivity contribution is 5.93. The molecule has 0 bridgehead atoms. The van der Waals surface area contributed by atoms with Gasteiger partial charge in [-0.25, -0.2) is 9.97 Å². The van der Waals surface area contributed by atoms with Crippen LogP contribution in [0.5, 0.6) is 0 Å². The number of piperidine rings is 2. The van der Waals surface area contributed by atoms with Crippen LogP contribution in [0.25, 0.3) is 0 Å². The standard InChI is InChI=1S/C16H24N4O/c1-13-5-9-20(10-6-13)16(21)14-11-15(18-12-17-14)19-7-3-2-4-8-19/h11-13H,2-10H2,1H3. The zero-order valence-electron chi connectivity index (χ0n) is 12.8. The summed E-state index contributed by atoms with van der Waals surface area (Å²) in [6.45, 7) is 6.02. The number of amides is 1. The second-order valence-corrected chi connectivity index (χ2v) is 6.28. The lowest BCUT2D eigenvalue weighted by molar-refractivity contribution is 0.0691. The molecule has 0 atom stereocenters. The van der Waals surface area contributed by atoms with Crippen molar-refractivity contribution in [2.45, 2.75) is 39.0 Å². The molecule has 0 N–H and O–H groups in total. The molecule has 0 saturated carbocycles. The summed E-state index contributed by atoms with van der Waals surface area (Å²) in [6.07, 6.45) is 7.42. The van der Waals surface area contributed by atoms with Crippen molar-refractivity contribution in [3.05, 3.63) is 18.1 Å². The predicted octanol–water partition coefficient (Wildman–Crippen LogP) is 2.34. The maximum Gasteiger partial charge on any atom is 0.272 e. The molecule has 0 spiro atoms. The molecule has 21 heavy (non-hydrogen) atoms. The molecular formula is C16H24N4O. The molecule has 0 radical (unpaired) electrons. The first-order chi connectivity index (χ1) is 10.2. The summed E-state index contributed by atoms with van der Waals surface area (Å²) in [4.78, 5) is 25.3. The summed E-state index contributed by atoms with van der Waals surface area (Å²) < 4.78 is 0. The van der Waals surface area contributed by atoms with E-state index in [4.69, 9.17) is 0 Å². The zero-order chi connectivity index (χ0) is 14.7. The summed E-state index contributed by atoms with van der Waals surface area (Å²) in [5, 5.41) is 0. The molecular weight excluding hydrogens is 264 g/mol. The van der Waals surface area contributed by atoms with Gasteiger partial charge in [-0.15, -0.1) is 0 Å². The number of likely N-dealkylation sites (tertiary alicyclic amines) is 1. The average molecular weight is 288 g/mol. The largest absolute Gasteiger partial charge is 0.357 e. The van der Waals surface area contributed by atoms with Crippen LogP contribution in [0.4, 0.5) is 5.82 Å². The summed E-state index contributed by atoms with van der Waals surface area (Å²) in [7, 11) is 0. The molecule has 2 aliphatic rings. The van der Waals surface area contributed by atoms with E-state index in [2.05, 4.69) is 21.8 Å². The molecule has 2 saturated heterocycles. The third kappa shape index (κ3) is 3.34. The Morgan fingerprint density at radius 3 is 2.52 bits per heavy atom. The molecule has 0 unspecified atom stereocenters. The third-order valence-electron chi connectivity index (χ3n) is 4.62.